The summed E-state index contributed by atoms with van der Waals surface area (Å²) in [6, 6.07) is 5.31. The lowest BCUT2D eigenvalue weighted by Gasteiger charge is -2.26. The molecule has 0 N–H and O–H groups in total. The van der Waals surface area contributed by atoms with Crippen LogP contribution in [0.15, 0.2) is 34.1 Å². The zero-order valence-corrected chi connectivity index (χ0v) is 17.4. The topological polar surface area (TPSA) is 120 Å². The Balaban J connectivity index is 3.46. The molecule has 12 heteroatoms. The van der Waals surface area contributed by atoms with Crippen molar-refractivity contribution in [3.63, 3.8) is 0 Å². The molecule has 1 unspecified atom stereocenters. The summed E-state index contributed by atoms with van der Waals surface area (Å²) in [7, 11) is -4.15. The first-order valence-corrected chi connectivity index (χ1v) is 10.5. The van der Waals surface area contributed by atoms with Crippen LogP contribution in [0.5, 0.6) is 0 Å². The number of rotatable bonds is 4. The monoisotopic (exact) mass is 422 g/mol. The van der Waals surface area contributed by atoms with E-state index in [2.05, 4.69) is 4.84 Å². The number of nitrogens with zero attached hydrogens (tertiary/aromatic N) is 2. The molecule has 0 saturated carbocycles. The van der Waals surface area contributed by atoms with Crippen molar-refractivity contribution in [2.24, 2.45) is 0 Å². The first-order valence-electron chi connectivity index (χ1n) is 7.51. The molecule has 1 rings (SSSR count). The van der Waals surface area contributed by atoms with Gasteiger partial charge in [0.2, 0.25) is 0 Å². The average Bonchev–Trinajstić information content (AvgIpc) is 2.56. The summed E-state index contributed by atoms with van der Waals surface area (Å²) in [5.74, 6) is 0. The van der Waals surface area contributed by atoms with Gasteiger partial charge in [0.05, 0.1) is 22.8 Å². The highest BCUT2D eigenvalue weighted by molar-refractivity contribution is 7.91. The lowest BCUT2D eigenvalue weighted by Crippen LogP contribution is -2.44. The van der Waals surface area contributed by atoms with Crippen molar-refractivity contribution in [2.75, 3.05) is 20.4 Å². The van der Waals surface area contributed by atoms with E-state index in [0.29, 0.717) is 5.06 Å². The molecule has 0 aromatic heterocycles. The first-order chi connectivity index (χ1) is 12.3. The van der Waals surface area contributed by atoms with Gasteiger partial charge in [0.1, 0.15) is 10.5 Å². The van der Waals surface area contributed by atoms with Crippen LogP contribution in [0, 0.1) is 0 Å². The van der Waals surface area contributed by atoms with Crippen molar-refractivity contribution in [1.82, 2.24) is 9.53 Å². The predicted octanol–water partition coefficient (Wildman–Crippen LogP) is 1.89. The number of hydroxylamine groups is 3. The standard InChI is InChI=1S/C15H22N2O8S2/c1-15(2,3)24-14(19)17(25-13(18)16(4)23-5)27(21,22)12-10-8-7-9-11(12)26(6)20/h7-10H,1-6H3. The van der Waals surface area contributed by atoms with Crippen LogP contribution in [0.2, 0.25) is 0 Å². The highest BCUT2D eigenvalue weighted by Crippen LogP contribution is 2.25. The molecular weight excluding hydrogens is 400 g/mol. The van der Waals surface area contributed by atoms with E-state index in [4.69, 9.17) is 9.57 Å². The van der Waals surface area contributed by atoms with E-state index in [0.717, 1.165) is 20.2 Å². The van der Waals surface area contributed by atoms with E-state index in [1.165, 1.54) is 45.2 Å². The molecule has 0 aliphatic heterocycles. The van der Waals surface area contributed by atoms with Crippen molar-refractivity contribution < 1.29 is 36.6 Å². The molecule has 0 spiro atoms. The third kappa shape index (κ3) is 5.91. The Morgan fingerprint density at radius 2 is 1.67 bits per heavy atom. The van der Waals surface area contributed by atoms with Crippen LogP contribution in [0.3, 0.4) is 0 Å². The maximum atomic E-state index is 13.0. The fourth-order valence-corrected chi connectivity index (χ4v) is 4.11. The number of ether oxygens (including phenoxy) is 1. The average molecular weight is 422 g/mol. The highest BCUT2D eigenvalue weighted by atomic mass is 32.2. The Bertz CT molecular complexity index is 832. The summed E-state index contributed by atoms with van der Waals surface area (Å²) in [5.41, 5.74) is -1.07. The number of carbonyl (C=O) groups excluding carboxylic acids is 2. The third-order valence-electron chi connectivity index (χ3n) is 2.89. The van der Waals surface area contributed by atoms with Crippen LogP contribution in [-0.4, -0.2) is 60.4 Å². The molecular formula is C15H22N2O8S2. The van der Waals surface area contributed by atoms with E-state index in [-0.39, 0.29) is 9.36 Å². The predicted molar refractivity (Wildman–Crippen MR) is 95.3 cm³/mol. The molecule has 27 heavy (non-hydrogen) atoms. The number of hydrogen-bond donors (Lipinski definition) is 0. The number of benzene rings is 1. The van der Waals surface area contributed by atoms with Gasteiger partial charge >= 0.3 is 22.2 Å². The molecule has 10 nitrogen and oxygen atoms in total. The van der Waals surface area contributed by atoms with Gasteiger partial charge in [-0.05, 0) is 37.4 Å². The Morgan fingerprint density at radius 3 is 2.15 bits per heavy atom. The summed E-state index contributed by atoms with van der Waals surface area (Å²) in [6.45, 7) is 4.52. The summed E-state index contributed by atoms with van der Waals surface area (Å²) in [5, 5.41) is 0.566. The quantitative estimate of drug-likeness (QED) is 0.675. The molecule has 0 aliphatic rings. The fourth-order valence-electron chi connectivity index (χ4n) is 1.68. The van der Waals surface area contributed by atoms with Crippen LogP contribution in [0.1, 0.15) is 20.8 Å². The second-order valence-electron chi connectivity index (χ2n) is 6.15. The van der Waals surface area contributed by atoms with E-state index in [1.54, 1.807) is 0 Å². The van der Waals surface area contributed by atoms with Crippen molar-refractivity contribution in [3.8, 4) is 0 Å². The molecule has 0 saturated heterocycles. The summed E-state index contributed by atoms with van der Waals surface area (Å²) < 4.78 is 42.7. The Labute approximate surface area is 160 Å². The van der Waals surface area contributed by atoms with Gasteiger partial charge in [-0.2, -0.15) is 13.5 Å². The maximum Gasteiger partial charge on any atom is 0.459 e. The van der Waals surface area contributed by atoms with Crippen molar-refractivity contribution in [1.29, 1.82) is 0 Å². The molecule has 1 atom stereocenters. The first kappa shape index (κ1) is 22.9. The van der Waals surface area contributed by atoms with Crippen LogP contribution in [0.4, 0.5) is 9.59 Å². The molecule has 0 heterocycles. The third-order valence-corrected chi connectivity index (χ3v) is 5.57. The van der Waals surface area contributed by atoms with E-state index < -0.39 is 43.5 Å². The number of carbonyl (C=O) groups is 2. The summed E-state index contributed by atoms with van der Waals surface area (Å²) >= 11 is 0. The van der Waals surface area contributed by atoms with Gasteiger partial charge in [-0.3, -0.25) is 13.9 Å². The highest BCUT2D eigenvalue weighted by Gasteiger charge is 2.39. The largest absolute Gasteiger partial charge is 0.459 e. The van der Waals surface area contributed by atoms with E-state index >= 15 is 0 Å². The normalized spacial score (nSPS) is 12.8. The lowest BCUT2D eigenvalue weighted by atomic mass is 10.2. The van der Waals surface area contributed by atoms with Gasteiger partial charge in [0.25, 0.3) is 0 Å². The minimum Gasteiger partial charge on any atom is -0.441 e. The fraction of sp³-hybridized carbons (Fsp3) is 0.467. The van der Waals surface area contributed by atoms with Gasteiger partial charge in [0, 0.05) is 13.3 Å². The molecule has 1 aromatic carbocycles. The number of amides is 2. The summed E-state index contributed by atoms with van der Waals surface area (Å²) in [6.07, 6.45) is -1.46. The van der Waals surface area contributed by atoms with Crippen molar-refractivity contribution >= 4 is 33.0 Å². The Kier molecular flexibility index (Phi) is 7.34. The van der Waals surface area contributed by atoms with Gasteiger partial charge < -0.3 is 4.74 Å². The lowest BCUT2D eigenvalue weighted by molar-refractivity contribution is -0.126. The van der Waals surface area contributed by atoms with Gasteiger partial charge in [-0.1, -0.05) is 12.1 Å². The molecule has 0 aliphatic carbocycles. The molecule has 0 fully saturated rings. The van der Waals surface area contributed by atoms with Gasteiger partial charge in [-0.25, -0.2) is 9.59 Å². The Morgan fingerprint density at radius 1 is 1.11 bits per heavy atom. The second-order valence-corrected chi connectivity index (χ2v) is 9.22. The van der Waals surface area contributed by atoms with Crippen molar-refractivity contribution in [2.45, 2.75) is 36.2 Å². The zero-order valence-electron chi connectivity index (χ0n) is 15.8. The molecule has 152 valence electrons. The second kappa shape index (κ2) is 8.67. The van der Waals surface area contributed by atoms with Gasteiger partial charge in [0.15, 0.2) is 0 Å². The van der Waals surface area contributed by atoms with Crippen LogP contribution in [0.25, 0.3) is 0 Å². The maximum absolute atomic E-state index is 13.0. The van der Waals surface area contributed by atoms with E-state index in [9.17, 15) is 22.2 Å². The SMILES string of the molecule is CON(C)C(=O)ON(C(=O)OC(C)(C)C)S(=O)(=O)c1ccccc1S(C)=O. The zero-order chi connectivity index (χ0) is 21.0. The minimum absolute atomic E-state index is 0.0674. The van der Waals surface area contributed by atoms with Crippen LogP contribution < -0.4 is 0 Å². The number of hydrogen-bond acceptors (Lipinski definition) is 8. The molecule has 0 bridgehead atoms. The smallest absolute Gasteiger partial charge is 0.441 e. The molecule has 2 amide bonds. The van der Waals surface area contributed by atoms with Crippen molar-refractivity contribution in [3.05, 3.63) is 24.3 Å². The number of sulfonamides is 1. The molecule has 0 radical (unpaired) electrons. The molecule has 1 aromatic rings. The van der Waals surface area contributed by atoms with Gasteiger partial charge in [-0.15, -0.1) is 0 Å². The van der Waals surface area contributed by atoms with E-state index in [1.807, 2.05) is 0 Å². The van der Waals surface area contributed by atoms with Crippen LogP contribution in [-0.2, 0) is 35.2 Å². The minimum atomic E-state index is -4.74. The van der Waals surface area contributed by atoms with Crippen LogP contribution >= 0.6 is 0 Å². The Hall–Kier alpha value is -2.18. The summed E-state index contributed by atoms with van der Waals surface area (Å²) in [4.78, 5) is 33.1.